The van der Waals surface area contributed by atoms with Gasteiger partial charge in [-0.15, -0.1) is 30.6 Å². The Hall–Kier alpha value is -1.50. The number of guanidine groups is 1. The Bertz CT molecular complexity index is 589. The van der Waals surface area contributed by atoms with E-state index >= 15 is 0 Å². The molecule has 1 heterocycles. The fraction of sp³-hybridized carbons (Fsp3) is 0.312. The van der Waals surface area contributed by atoms with Crippen LogP contribution in [0.1, 0.15) is 12.5 Å². The van der Waals surface area contributed by atoms with Crippen LogP contribution >= 0.6 is 24.0 Å². The van der Waals surface area contributed by atoms with Gasteiger partial charge in [0.05, 0.1) is 0 Å². The zero-order valence-electron chi connectivity index (χ0n) is 12.4. The summed E-state index contributed by atoms with van der Waals surface area (Å²) in [4.78, 5) is 7.86. The third-order valence-corrected chi connectivity index (χ3v) is 3.08. The van der Waals surface area contributed by atoms with Crippen LogP contribution in [0, 0.1) is 0 Å². The van der Waals surface area contributed by atoms with Crippen molar-refractivity contribution in [2.45, 2.75) is 13.3 Å². The van der Waals surface area contributed by atoms with Crippen LogP contribution in [0.2, 0.25) is 0 Å². The predicted molar refractivity (Wildman–Crippen MR) is 102 cm³/mol. The molecule has 0 aliphatic carbocycles. The molecule has 0 aliphatic heterocycles. The van der Waals surface area contributed by atoms with Crippen molar-refractivity contribution in [1.29, 1.82) is 0 Å². The number of halogens is 1. The number of nitrogens with zero attached hydrogens (tertiary/aromatic N) is 1. The molecule has 0 bridgehead atoms. The van der Waals surface area contributed by atoms with Gasteiger partial charge in [0.25, 0.3) is 0 Å². The van der Waals surface area contributed by atoms with Crippen LogP contribution in [-0.4, -0.2) is 30.6 Å². The Labute approximate surface area is 143 Å². The first-order valence-electron chi connectivity index (χ1n) is 7.03. The maximum Gasteiger partial charge on any atom is 0.191 e. The molecule has 0 amide bonds. The normalized spacial score (nSPS) is 11.0. The Morgan fingerprint density at radius 2 is 2.14 bits per heavy atom. The molecule has 3 N–H and O–H groups in total. The molecule has 0 saturated carbocycles. The molecule has 2 rings (SSSR count). The maximum atomic E-state index is 4.57. The number of nitrogens with one attached hydrogen (secondary N) is 3. The summed E-state index contributed by atoms with van der Waals surface area (Å²) in [5, 5.41) is 7.70. The van der Waals surface area contributed by atoms with Gasteiger partial charge in [0.2, 0.25) is 0 Å². The topological polar surface area (TPSA) is 52.2 Å². The molecule has 1 aromatic carbocycles. The van der Waals surface area contributed by atoms with Gasteiger partial charge in [0.1, 0.15) is 0 Å². The van der Waals surface area contributed by atoms with Crippen LogP contribution in [0.5, 0.6) is 0 Å². The predicted octanol–water partition coefficient (Wildman–Crippen LogP) is 3.07. The minimum Gasteiger partial charge on any atom is -0.361 e. The first kappa shape index (κ1) is 17.6. The fourth-order valence-corrected chi connectivity index (χ4v) is 2.14. The van der Waals surface area contributed by atoms with Crippen molar-refractivity contribution in [3.05, 3.63) is 48.7 Å². The molecule has 0 radical (unpaired) electrons. The standard InChI is InChI=1S/C16H22N4.HI/c1-3-10-18-16(17-4-2)19-11-9-13-12-20-15-8-6-5-7-14(13)15;/h3,5-8,12,20H,1,4,9-11H2,2H3,(H2,17,18,19);1H. The molecule has 0 atom stereocenters. The third-order valence-electron chi connectivity index (χ3n) is 3.08. The second-order valence-corrected chi connectivity index (χ2v) is 4.54. The summed E-state index contributed by atoms with van der Waals surface area (Å²) in [5.41, 5.74) is 2.49. The number of para-hydroxylation sites is 1. The summed E-state index contributed by atoms with van der Waals surface area (Å²) in [7, 11) is 0. The lowest BCUT2D eigenvalue weighted by Crippen LogP contribution is -2.37. The van der Waals surface area contributed by atoms with E-state index in [9.17, 15) is 0 Å². The zero-order valence-corrected chi connectivity index (χ0v) is 14.7. The average Bonchev–Trinajstić information content (AvgIpc) is 2.88. The number of rotatable bonds is 6. The summed E-state index contributed by atoms with van der Waals surface area (Å²) in [6.45, 7) is 8.10. The van der Waals surface area contributed by atoms with E-state index in [0.29, 0.717) is 0 Å². The van der Waals surface area contributed by atoms with Crippen LogP contribution in [0.15, 0.2) is 48.1 Å². The number of aromatic amines is 1. The molecule has 2 aromatic rings. The van der Waals surface area contributed by atoms with Crippen molar-refractivity contribution in [2.75, 3.05) is 19.6 Å². The van der Waals surface area contributed by atoms with Crippen LogP contribution in [0.3, 0.4) is 0 Å². The van der Waals surface area contributed by atoms with Gasteiger partial charge < -0.3 is 15.6 Å². The van der Waals surface area contributed by atoms with Crippen molar-refractivity contribution in [1.82, 2.24) is 15.6 Å². The van der Waals surface area contributed by atoms with Gasteiger partial charge in [0.15, 0.2) is 5.96 Å². The minimum absolute atomic E-state index is 0. The molecule has 0 spiro atoms. The van der Waals surface area contributed by atoms with E-state index in [1.807, 2.05) is 12.1 Å². The summed E-state index contributed by atoms with van der Waals surface area (Å²) >= 11 is 0. The van der Waals surface area contributed by atoms with Gasteiger partial charge in [0, 0.05) is 36.7 Å². The Morgan fingerprint density at radius 1 is 1.33 bits per heavy atom. The number of aliphatic imine (C=N–C) groups is 1. The lowest BCUT2D eigenvalue weighted by Gasteiger charge is -2.09. The van der Waals surface area contributed by atoms with E-state index in [0.717, 1.165) is 32.0 Å². The number of benzene rings is 1. The van der Waals surface area contributed by atoms with E-state index in [-0.39, 0.29) is 24.0 Å². The summed E-state index contributed by atoms with van der Waals surface area (Å²) in [6.07, 6.45) is 4.82. The molecule has 0 unspecified atom stereocenters. The fourth-order valence-electron chi connectivity index (χ4n) is 2.14. The van der Waals surface area contributed by atoms with Gasteiger partial charge in [-0.2, -0.15) is 0 Å². The molecule has 0 saturated heterocycles. The monoisotopic (exact) mass is 398 g/mol. The van der Waals surface area contributed by atoms with Crippen LogP contribution in [-0.2, 0) is 6.42 Å². The molecule has 21 heavy (non-hydrogen) atoms. The SMILES string of the molecule is C=CCNC(=NCCc1c[nH]c2ccccc12)NCC.I. The van der Waals surface area contributed by atoms with E-state index < -0.39 is 0 Å². The maximum absolute atomic E-state index is 4.57. The molecule has 5 heteroatoms. The second-order valence-electron chi connectivity index (χ2n) is 4.54. The highest BCUT2D eigenvalue weighted by molar-refractivity contribution is 14.0. The number of hydrogen-bond donors (Lipinski definition) is 3. The van der Waals surface area contributed by atoms with Crippen LogP contribution in [0.4, 0.5) is 0 Å². The highest BCUT2D eigenvalue weighted by Gasteiger charge is 2.02. The smallest absolute Gasteiger partial charge is 0.191 e. The molecule has 0 aliphatic rings. The summed E-state index contributed by atoms with van der Waals surface area (Å²) in [6, 6.07) is 8.35. The third kappa shape index (κ3) is 5.08. The number of hydrogen-bond acceptors (Lipinski definition) is 1. The van der Waals surface area contributed by atoms with Crippen molar-refractivity contribution >= 4 is 40.8 Å². The van der Waals surface area contributed by atoms with Crippen molar-refractivity contribution in [3.63, 3.8) is 0 Å². The van der Waals surface area contributed by atoms with E-state index in [4.69, 9.17) is 0 Å². The first-order valence-corrected chi connectivity index (χ1v) is 7.03. The van der Waals surface area contributed by atoms with Gasteiger partial charge in [-0.05, 0) is 25.0 Å². The molecule has 1 aromatic heterocycles. The van der Waals surface area contributed by atoms with E-state index in [1.165, 1.54) is 16.5 Å². The second kappa shape index (κ2) is 9.44. The average molecular weight is 398 g/mol. The molecular formula is C16H23IN4. The highest BCUT2D eigenvalue weighted by atomic mass is 127. The van der Waals surface area contributed by atoms with Crippen molar-refractivity contribution in [2.24, 2.45) is 4.99 Å². The molecular weight excluding hydrogens is 375 g/mol. The van der Waals surface area contributed by atoms with Crippen molar-refractivity contribution < 1.29 is 0 Å². The Morgan fingerprint density at radius 3 is 2.90 bits per heavy atom. The highest BCUT2D eigenvalue weighted by Crippen LogP contribution is 2.17. The number of aromatic nitrogens is 1. The van der Waals surface area contributed by atoms with Gasteiger partial charge in [-0.3, -0.25) is 4.99 Å². The first-order chi connectivity index (χ1) is 9.85. The van der Waals surface area contributed by atoms with E-state index in [1.54, 1.807) is 0 Å². The summed E-state index contributed by atoms with van der Waals surface area (Å²) < 4.78 is 0. The van der Waals surface area contributed by atoms with Gasteiger partial charge in [-0.25, -0.2) is 0 Å². The Balaban J connectivity index is 0.00000220. The molecule has 0 fully saturated rings. The number of H-pyrrole nitrogens is 1. The lowest BCUT2D eigenvalue weighted by atomic mass is 10.1. The van der Waals surface area contributed by atoms with Crippen molar-refractivity contribution in [3.8, 4) is 0 Å². The number of fused-ring (bicyclic) bond motifs is 1. The van der Waals surface area contributed by atoms with Crippen LogP contribution < -0.4 is 10.6 Å². The van der Waals surface area contributed by atoms with Crippen LogP contribution in [0.25, 0.3) is 10.9 Å². The largest absolute Gasteiger partial charge is 0.361 e. The summed E-state index contributed by atoms with van der Waals surface area (Å²) in [5.74, 6) is 0.840. The zero-order chi connectivity index (χ0) is 14.2. The molecule has 4 nitrogen and oxygen atoms in total. The molecule has 114 valence electrons. The van der Waals surface area contributed by atoms with Gasteiger partial charge in [-0.1, -0.05) is 24.3 Å². The van der Waals surface area contributed by atoms with E-state index in [2.05, 4.69) is 58.5 Å². The lowest BCUT2D eigenvalue weighted by molar-refractivity contribution is 0.852. The quantitative estimate of drug-likeness (QED) is 0.303. The van der Waals surface area contributed by atoms with Gasteiger partial charge >= 0.3 is 0 Å². The Kier molecular flexibility index (Phi) is 7.89. The minimum atomic E-state index is 0.